The number of amides is 1. The van der Waals surface area contributed by atoms with E-state index in [1.54, 1.807) is 0 Å². The van der Waals surface area contributed by atoms with Crippen LogP contribution >= 0.6 is 0 Å². The molecule has 0 radical (unpaired) electrons. The van der Waals surface area contributed by atoms with Gasteiger partial charge in [-0.05, 0) is 36.0 Å². The monoisotopic (exact) mass is 294 g/mol. The number of carbonyl (C=O) groups excluding carboxylic acids is 1. The number of nitrogens with one attached hydrogen (secondary N) is 1. The van der Waals surface area contributed by atoms with Crippen LogP contribution in [0.2, 0.25) is 0 Å². The third-order valence-electron chi connectivity index (χ3n) is 6.89. The highest BCUT2D eigenvalue weighted by atomic mass is 16.5. The maximum absolute atomic E-state index is 12.2. The van der Waals surface area contributed by atoms with Gasteiger partial charge >= 0.3 is 0 Å². The Kier molecular flexibility index (Phi) is 4.04. The molecule has 1 aliphatic heterocycles. The first kappa shape index (κ1) is 15.3. The van der Waals surface area contributed by atoms with E-state index >= 15 is 0 Å². The van der Waals surface area contributed by atoms with Crippen LogP contribution in [0.3, 0.4) is 0 Å². The number of ether oxygens (including phenoxy) is 1. The molecule has 0 aromatic heterocycles. The van der Waals surface area contributed by atoms with Crippen LogP contribution in [0.4, 0.5) is 0 Å². The van der Waals surface area contributed by atoms with Crippen molar-refractivity contribution < 1.29 is 9.53 Å². The Labute approximate surface area is 128 Å². The van der Waals surface area contributed by atoms with Crippen molar-refractivity contribution in [2.75, 3.05) is 32.8 Å². The van der Waals surface area contributed by atoms with Crippen LogP contribution in [-0.4, -0.2) is 49.7 Å². The van der Waals surface area contributed by atoms with Crippen LogP contribution in [-0.2, 0) is 9.53 Å². The molecule has 120 valence electrons. The van der Waals surface area contributed by atoms with Crippen molar-refractivity contribution >= 4 is 5.91 Å². The summed E-state index contributed by atoms with van der Waals surface area (Å²) in [6.45, 7) is 11.0. The van der Waals surface area contributed by atoms with E-state index in [2.05, 4.69) is 26.1 Å². The molecule has 2 aliphatic carbocycles. The summed E-state index contributed by atoms with van der Waals surface area (Å²) in [4.78, 5) is 14.1. The van der Waals surface area contributed by atoms with Crippen molar-refractivity contribution in [2.45, 2.75) is 52.5 Å². The molecule has 3 rings (SSSR count). The van der Waals surface area contributed by atoms with Gasteiger partial charge in [0.2, 0.25) is 5.91 Å². The topological polar surface area (TPSA) is 41.6 Å². The molecule has 1 heterocycles. The highest BCUT2D eigenvalue weighted by Gasteiger charge is 2.60. The molecule has 1 N–H and O–H groups in total. The van der Waals surface area contributed by atoms with Crippen LogP contribution in [0.25, 0.3) is 0 Å². The summed E-state index contributed by atoms with van der Waals surface area (Å²) in [6, 6.07) is 0.587. The highest BCUT2D eigenvalue weighted by Crippen LogP contribution is 2.65. The van der Waals surface area contributed by atoms with Crippen LogP contribution in [0, 0.1) is 16.7 Å². The van der Waals surface area contributed by atoms with Gasteiger partial charge in [-0.15, -0.1) is 0 Å². The van der Waals surface area contributed by atoms with Gasteiger partial charge in [0.15, 0.2) is 0 Å². The third-order valence-corrected chi connectivity index (χ3v) is 6.89. The fourth-order valence-electron chi connectivity index (χ4n) is 4.84. The van der Waals surface area contributed by atoms with Gasteiger partial charge in [0.25, 0.3) is 0 Å². The normalized spacial score (nSPS) is 38.0. The third kappa shape index (κ3) is 2.50. The number of fused-ring (bicyclic) bond motifs is 2. The molecule has 2 bridgehead atoms. The van der Waals surface area contributed by atoms with Gasteiger partial charge in [0.05, 0.1) is 13.2 Å². The molecule has 2 saturated carbocycles. The van der Waals surface area contributed by atoms with Crippen LogP contribution in [0.15, 0.2) is 0 Å². The first-order chi connectivity index (χ1) is 9.95. The Morgan fingerprint density at radius 2 is 2.00 bits per heavy atom. The number of hydrogen-bond donors (Lipinski definition) is 1. The summed E-state index contributed by atoms with van der Waals surface area (Å²) < 4.78 is 5.30. The molecule has 3 aliphatic rings. The maximum Gasteiger partial charge on any atom is 0.224 e. The standard InChI is InChI=1S/C17H30N2O2/c1-16(2)13-4-6-17(16,3)14(12-13)18-7-5-15(20)19-8-10-21-11-9-19/h13-14,18H,4-12H2,1-3H3. The minimum absolute atomic E-state index is 0.276. The van der Waals surface area contributed by atoms with E-state index in [0.29, 0.717) is 36.5 Å². The molecular formula is C17H30N2O2. The predicted octanol–water partition coefficient (Wildman–Crippen LogP) is 2.04. The van der Waals surface area contributed by atoms with E-state index in [9.17, 15) is 4.79 Å². The zero-order chi connectivity index (χ0) is 15.1. The van der Waals surface area contributed by atoms with Gasteiger partial charge in [0.1, 0.15) is 0 Å². The van der Waals surface area contributed by atoms with Gasteiger partial charge in [-0.2, -0.15) is 0 Å². The number of hydrogen-bond acceptors (Lipinski definition) is 3. The smallest absolute Gasteiger partial charge is 0.224 e. The van der Waals surface area contributed by atoms with Crippen molar-refractivity contribution in [1.82, 2.24) is 10.2 Å². The first-order valence-electron chi connectivity index (χ1n) is 8.54. The molecule has 1 saturated heterocycles. The van der Waals surface area contributed by atoms with Crippen molar-refractivity contribution in [3.63, 3.8) is 0 Å². The molecule has 21 heavy (non-hydrogen) atoms. The zero-order valence-corrected chi connectivity index (χ0v) is 13.8. The fraction of sp³-hybridized carbons (Fsp3) is 0.941. The summed E-state index contributed by atoms with van der Waals surface area (Å²) in [5, 5.41) is 3.70. The molecule has 0 aromatic rings. The predicted molar refractivity (Wildman–Crippen MR) is 83.0 cm³/mol. The minimum atomic E-state index is 0.276. The van der Waals surface area contributed by atoms with E-state index in [-0.39, 0.29) is 5.91 Å². The largest absolute Gasteiger partial charge is 0.378 e. The molecule has 0 spiro atoms. The van der Waals surface area contributed by atoms with Gasteiger partial charge in [0, 0.05) is 32.1 Å². The average Bonchev–Trinajstić information content (AvgIpc) is 2.81. The zero-order valence-electron chi connectivity index (χ0n) is 13.8. The maximum atomic E-state index is 12.2. The second kappa shape index (κ2) is 5.54. The van der Waals surface area contributed by atoms with Gasteiger partial charge in [-0.25, -0.2) is 0 Å². The molecule has 0 aromatic carbocycles. The quantitative estimate of drug-likeness (QED) is 0.863. The summed E-state index contributed by atoms with van der Waals surface area (Å²) in [6.07, 6.45) is 4.63. The fourth-order valence-corrected chi connectivity index (χ4v) is 4.84. The lowest BCUT2D eigenvalue weighted by Crippen LogP contribution is -2.46. The average molecular weight is 294 g/mol. The number of carbonyl (C=O) groups is 1. The second-order valence-corrected chi connectivity index (χ2v) is 7.86. The van der Waals surface area contributed by atoms with Crippen molar-refractivity contribution in [1.29, 1.82) is 0 Å². The van der Waals surface area contributed by atoms with Gasteiger partial charge < -0.3 is 15.0 Å². The van der Waals surface area contributed by atoms with Crippen molar-refractivity contribution in [3.8, 4) is 0 Å². The van der Waals surface area contributed by atoms with Crippen LogP contribution in [0.1, 0.15) is 46.5 Å². The van der Waals surface area contributed by atoms with E-state index in [1.807, 2.05) is 4.90 Å². The second-order valence-electron chi connectivity index (χ2n) is 7.86. The lowest BCUT2D eigenvalue weighted by atomic mass is 9.69. The molecule has 3 unspecified atom stereocenters. The Hall–Kier alpha value is -0.610. The van der Waals surface area contributed by atoms with E-state index in [0.717, 1.165) is 25.6 Å². The molecule has 4 heteroatoms. The highest BCUT2D eigenvalue weighted by molar-refractivity contribution is 5.76. The molecule has 3 fully saturated rings. The summed E-state index contributed by atoms with van der Waals surface area (Å²) >= 11 is 0. The lowest BCUT2D eigenvalue weighted by molar-refractivity contribution is -0.135. The minimum Gasteiger partial charge on any atom is -0.378 e. The number of nitrogens with zero attached hydrogens (tertiary/aromatic N) is 1. The van der Waals surface area contributed by atoms with Gasteiger partial charge in [-0.3, -0.25) is 4.79 Å². The van der Waals surface area contributed by atoms with Crippen LogP contribution < -0.4 is 5.32 Å². The molecule has 3 atom stereocenters. The molecule has 1 amide bonds. The lowest BCUT2D eigenvalue weighted by Gasteiger charge is -2.39. The van der Waals surface area contributed by atoms with E-state index in [4.69, 9.17) is 4.74 Å². The Balaban J connectivity index is 1.47. The molecule has 4 nitrogen and oxygen atoms in total. The summed E-state index contributed by atoms with van der Waals surface area (Å²) in [7, 11) is 0. The Morgan fingerprint density at radius 1 is 1.29 bits per heavy atom. The Morgan fingerprint density at radius 3 is 2.57 bits per heavy atom. The van der Waals surface area contributed by atoms with Gasteiger partial charge in [-0.1, -0.05) is 20.8 Å². The van der Waals surface area contributed by atoms with Crippen LogP contribution in [0.5, 0.6) is 0 Å². The summed E-state index contributed by atoms with van der Waals surface area (Å²) in [5.41, 5.74) is 0.846. The van der Waals surface area contributed by atoms with E-state index < -0.39 is 0 Å². The number of morpholine rings is 1. The number of rotatable bonds is 4. The molecular weight excluding hydrogens is 264 g/mol. The van der Waals surface area contributed by atoms with Crippen molar-refractivity contribution in [2.24, 2.45) is 16.7 Å². The van der Waals surface area contributed by atoms with E-state index in [1.165, 1.54) is 19.3 Å². The first-order valence-corrected chi connectivity index (χ1v) is 8.54. The Bertz CT molecular complexity index is 404. The SMILES string of the molecule is CC1(C)C2CCC1(C)C(NCCC(=O)N1CCOCC1)C2. The summed E-state index contributed by atoms with van der Waals surface area (Å²) in [5.74, 6) is 1.13. The van der Waals surface area contributed by atoms with Crippen molar-refractivity contribution in [3.05, 3.63) is 0 Å².